The van der Waals surface area contributed by atoms with Crippen molar-refractivity contribution in [3.05, 3.63) is 71.0 Å². The Kier molecular flexibility index (Phi) is 6.01. The highest BCUT2D eigenvalue weighted by Gasteiger charge is 2.47. The molecule has 3 aliphatic heterocycles. The van der Waals surface area contributed by atoms with Crippen LogP contribution >= 0.6 is 0 Å². The summed E-state index contributed by atoms with van der Waals surface area (Å²) >= 11 is 0. The van der Waals surface area contributed by atoms with Crippen LogP contribution in [0.2, 0.25) is 0 Å². The molecule has 174 valence electrons. The Morgan fingerprint density at radius 3 is 2.09 bits per heavy atom. The molecule has 1 atom stereocenters. The van der Waals surface area contributed by atoms with Gasteiger partial charge in [-0.2, -0.15) is 0 Å². The average Bonchev–Trinajstić information content (AvgIpc) is 3.41. The monoisotopic (exact) mass is 454 g/mol. The SMILES string of the molecule is O=C1c2ccccc2C(=O)N1CC(O)CN1CCC(C2(c3ccc(F)cc3)OCCO2)CC1. The second-order valence-corrected chi connectivity index (χ2v) is 8.87. The number of aliphatic hydroxyl groups excluding tert-OH is 1. The smallest absolute Gasteiger partial charge is 0.261 e. The van der Waals surface area contributed by atoms with Gasteiger partial charge in [0, 0.05) is 18.0 Å². The molecular formula is C25H27FN2O5. The number of β-amino-alcohol motifs (C(OH)–C–C–N with tert-alkyl or cyclic N) is 1. The molecule has 0 radical (unpaired) electrons. The van der Waals surface area contributed by atoms with Crippen molar-refractivity contribution in [3.63, 3.8) is 0 Å². The van der Waals surface area contributed by atoms with E-state index >= 15 is 0 Å². The van der Waals surface area contributed by atoms with Gasteiger partial charge in [-0.25, -0.2) is 4.39 Å². The van der Waals surface area contributed by atoms with E-state index in [1.807, 2.05) is 0 Å². The Hall–Kier alpha value is -2.65. The number of halogens is 1. The molecule has 0 aromatic heterocycles. The molecule has 3 aliphatic rings. The molecule has 7 nitrogen and oxygen atoms in total. The van der Waals surface area contributed by atoms with E-state index < -0.39 is 11.9 Å². The largest absolute Gasteiger partial charge is 0.390 e. The van der Waals surface area contributed by atoms with E-state index in [1.54, 1.807) is 36.4 Å². The molecule has 0 bridgehead atoms. The van der Waals surface area contributed by atoms with Gasteiger partial charge in [-0.1, -0.05) is 24.3 Å². The lowest BCUT2D eigenvalue weighted by molar-refractivity contribution is -0.214. The number of benzene rings is 2. The van der Waals surface area contributed by atoms with Crippen LogP contribution in [0.25, 0.3) is 0 Å². The molecule has 5 rings (SSSR count). The Morgan fingerprint density at radius 1 is 0.939 bits per heavy atom. The number of hydrogen-bond donors (Lipinski definition) is 1. The lowest BCUT2D eigenvalue weighted by Crippen LogP contribution is -2.48. The fourth-order valence-electron chi connectivity index (χ4n) is 5.22. The summed E-state index contributed by atoms with van der Waals surface area (Å²) in [6.07, 6.45) is 0.739. The van der Waals surface area contributed by atoms with Gasteiger partial charge < -0.3 is 19.5 Å². The van der Waals surface area contributed by atoms with Crippen LogP contribution in [0, 0.1) is 11.7 Å². The van der Waals surface area contributed by atoms with Crippen LogP contribution in [0.3, 0.4) is 0 Å². The van der Waals surface area contributed by atoms with E-state index in [9.17, 15) is 19.1 Å². The zero-order valence-corrected chi connectivity index (χ0v) is 18.3. The fourth-order valence-corrected chi connectivity index (χ4v) is 5.22. The number of nitrogens with zero attached hydrogens (tertiary/aromatic N) is 2. The highest BCUT2D eigenvalue weighted by Crippen LogP contribution is 2.43. The van der Waals surface area contributed by atoms with Gasteiger partial charge in [0.15, 0.2) is 5.79 Å². The number of carbonyl (C=O) groups excluding carboxylic acids is 2. The molecule has 1 N–H and O–H groups in total. The molecule has 2 fully saturated rings. The minimum atomic E-state index is -0.863. The molecule has 2 amide bonds. The molecule has 1 unspecified atom stereocenters. The van der Waals surface area contributed by atoms with Crippen LogP contribution in [-0.2, 0) is 15.3 Å². The minimum absolute atomic E-state index is 0.0297. The quantitative estimate of drug-likeness (QED) is 0.676. The Balaban J connectivity index is 1.18. The Labute approximate surface area is 191 Å². The van der Waals surface area contributed by atoms with E-state index in [0.29, 0.717) is 30.9 Å². The summed E-state index contributed by atoms with van der Waals surface area (Å²) < 4.78 is 25.6. The first-order valence-electron chi connectivity index (χ1n) is 11.4. The van der Waals surface area contributed by atoms with E-state index in [-0.39, 0.29) is 30.1 Å². The first kappa shape index (κ1) is 22.2. The topological polar surface area (TPSA) is 79.3 Å². The summed E-state index contributed by atoms with van der Waals surface area (Å²) in [7, 11) is 0. The lowest BCUT2D eigenvalue weighted by Gasteiger charge is -2.41. The fraction of sp³-hybridized carbons (Fsp3) is 0.440. The summed E-state index contributed by atoms with van der Waals surface area (Å²) in [6, 6.07) is 13.0. The highest BCUT2D eigenvalue weighted by atomic mass is 19.1. The standard InChI is InChI=1S/C25H27FN2O5/c26-19-7-5-17(6-8-19)25(32-13-14-33-25)18-9-11-27(12-10-18)15-20(29)16-28-23(30)21-3-1-2-4-22(21)24(28)31/h1-8,18,20,29H,9-16H2. The van der Waals surface area contributed by atoms with Crippen LogP contribution in [0.15, 0.2) is 48.5 Å². The van der Waals surface area contributed by atoms with E-state index in [0.717, 1.165) is 36.4 Å². The van der Waals surface area contributed by atoms with Crippen LogP contribution in [0.5, 0.6) is 0 Å². The molecule has 0 saturated carbocycles. The number of ether oxygens (including phenoxy) is 2. The molecule has 2 aromatic carbocycles. The molecule has 3 heterocycles. The van der Waals surface area contributed by atoms with Crippen LogP contribution in [0.1, 0.15) is 39.1 Å². The van der Waals surface area contributed by atoms with Gasteiger partial charge in [0.05, 0.1) is 37.0 Å². The van der Waals surface area contributed by atoms with Gasteiger partial charge in [-0.05, 0) is 50.2 Å². The summed E-state index contributed by atoms with van der Waals surface area (Å²) in [5.41, 5.74) is 1.60. The van der Waals surface area contributed by atoms with E-state index in [1.165, 1.54) is 12.1 Å². The van der Waals surface area contributed by atoms with Crippen molar-refractivity contribution in [1.82, 2.24) is 9.80 Å². The minimum Gasteiger partial charge on any atom is -0.390 e. The van der Waals surface area contributed by atoms with Gasteiger partial charge in [-0.3, -0.25) is 14.5 Å². The lowest BCUT2D eigenvalue weighted by atomic mass is 9.84. The van der Waals surface area contributed by atoms with Crippen LogP contribution < -0.4 is 0 Å². The molecular weight excluding hydrogens is 427 g/mol. The average molecular weight is 454 g/mol. The van der Waals surface area contributed by atoms with E-state index in [2.05, 4.69) is 4.90 Å². The third-order valence-electron chi connectivity index (χ3n) is 6.83. The Bertz CT molecular complexity index is 994. The number of rotatable bonds is 6. The van der Waals surface area contributed by atoms with Crippen LogP contribution in [-0.4, -0.2) is 72.2 Å². The summed E-state index contributed by atoms with van der Waals surface area (Å²) in [6.45, 7) is 2.77. The first-order chi connectivity index (χ1) is 16.0. The third kappa shape index (κ3) is 4.08. The van der Waals surface area contributed by atoms with Crippen molar-refractivity contribution in [2.45, 2.75) is 24.7 Å². The van der Waals surface area contributed by atoms with Crippen molar-refractivity contribution >= 4 is 11.8 Å². The normalized spacial score (nSPS) is 22.1. The van der Waals surface area contributed by atoms with Crippen molar-refractivity contribution < 1.29 is 28.6 Å². The molecule has 2 aromatic rings. The van der Waals surface area contributed by atoms with Crippen molar-refractivity contribution in [3.8, 4) is 0 Å². The molecule has 33 heavy (non-hydrogen) atoms. The maximum absolute atomic E-state index is 13.4. The van der Waals surface area contributed by atoms with Gasteiger partial charge in [-0.15, -0.1) is 0 Å². The van der Waals surface area contributed by atoms with Gasteiger partial charge in [0.1, 0.15) is 5.82 Å². The number of piperidine rings is 1. The molecule has 2 saturated heterocycles. The Morgan fingerprint density at radius 2 is 1.52 bits per heavy atom. The maximum atomic E-state index is 13.4. The highest BCUT2D eigenvalue weighted by molar-refractivity contribution is 6.21. The van der Waals surface area contributed by atoms with Crippen LogP contribution in [0.4, 0.5) is 4.39 Å². The predicted octanol–water partition coefficient (Wildman–Crippen LogP) is 2.39. The molecule has 8 heteroatoms. The number of carbonyl (C=O) groups is 2. The molecule has 0 spiro atoms. The van der Waals surface area contributed by atoms with Crippen molar-refractivity contribution in [1.29, 1.82) is 0 Å². The number of aliphatic hydroxyl groups is 1. The summed E-state index contributed by atoms with van der Waals surface area (Å²) in [4.78, 5) is 28.4. The van der Waals surface area contributed by atoms with Gasteiger partial charge >= 0.3 is 0 Å². The predicted molar refractivity (Wildman–Crippen MR) is 117 cm³/mol. The van der Waals surface area contributed by atoms with Crippen molar-refractivity contribution in [2.75, 3.05) is 39.4 Å². The van der Waals surface area contributed by atoms with Crippen molar-refractivity contribution in [2.24, 2.45) is 5.92 Å². The first-order valence-corrected chi connectivity index (χ1v) is 11.4. The third-order valence-corrected chi connectivity index (χ3v) is 6.83. The van der Waals surface area contributed by atoms with E-state index in [4.69, 9.17) is 9.47 Å². The second-order valence-electron chi connectivity index (χ2n) is 8.87. The zero-order valence-electron chi connectivity index (χ0n) is 18.3. The number of hydrogen-bond acceptors (Lipinski definition) is 6. The summed E-state index contributed by atoms with van der Waals surface area (Å²) in [5, 5.41) is 10.6. The number of fused-ring (bicyclic) bond motifs is 1. The maximum Gasteiger partial charge on any atom is 0.261 e. The zero-order chi connectivity index (χ0) is 23.0. The summed E-state index contributed by atoms with van der Waals surface area (Å²) in [5.74, 6) is -1.77. The number of likely N-dealkylation sites (tertiary alicyclic amines) is 1. The van der Waals surface area contributed by atoms with Gasteiger partial charge in [0.2, 0.25) is 0 Å². The molecule has 0 aliphatic carbocycles. The number of imide groups is 1. The second kappa shape index (κ2) is 8.95. The number of amides is 2. The van der Waals surface area contributed by atoms with Gasteiger partial charge in [0.25, 0.3) is 11.8 Å².